The first-order valence-electron chi connectivity index (χ1n) is 11.3. The Morgan fingerprint density at radius 3 is 2.68 bits per heavy atom. The zero-order valence-electron chi connectivity index (χ0n) is 19.8. The second-order valence-electron chi connectivity index (χ2n) is 7.99. The molecule has 1 N–H and O–H groups in total. The number of phenolic OH excluding ortho intramolecular Hbond substituents is 1. The van der Waals surface area contributed by atoms with E-state index in [0.717, 1.165) is 10.4 Å². The smallest absolute Gasteiger partial charge is 0.338 e. The third-order valence-corrected chi connectivity index (χ3v) is 8.13. The van der Waals surface area contributed by atoms with E-state index >= 15 is 0 Å². The summed E-state index contributed by atoms with van der Waals surface area (Å²) in [5.41, 5.74) is 1.62. The van der Waals surface area contributed by atoms with Crippen molar-refractivity contribution in [1.29, 1.82) is 0 Å². The first-order valence-corrected chi connectivity index (χ1v) is 13.8. The van der Waals surface area contributed by atoms with Crippen LogP contribution < -0.4 is 19.6 Å². The lowest BCUT2D eigenvalue weighted by molar-refractivity contribution is -0.138. The number of phenols is 1. The topological polar surface area (TPSA) is 90.1 Å². The van der Waals surface area contributed by atoms with Crippen molar-refractivity contribution < 1.29 is 19.4 Å². The molecule has 0 amide bonds. The molecule has 2 aromatic heterocycles. The van der Waals surface area contributed by atoms with E-state index in [0.29, 0.717) is 30.6 Å². The van der Waals surface area contributed by atoms with Crippen LogP contribution in [0.25, 0.3) is 11.8 Å². The molecule has 0 saturated carbocycles. The van der Waals surface area contributed by atoms with Gasteiger partial charge in [0.25, 0.3) is 5.56 Å². The lowest BCUT2D eigenvalue weighted by Gasteiger charge is -2.24. The summed E-state index contributed by atoms with van der Waals surface area (Å²) in [6, 6.07) is 15.8. The van der Waals surface area contributed by atoms with Crippen LogP contribution in [0.2, 0.25) is 0 Å². The Kier molecular flexibility index (Phi) is 7.14. The number of carbonyl (C=O) groups is 1. The molecule has 3 heterocycles. The molecule has 37 heavy (non-hydrogen) atoms. The first-order chi connectivity index (χ1) is 17.9. The molecule has 1 unspecified atom stereocenters. The van der Waals surface area contributed by atoms with Crippen LogP contribution in [0.15, 0.2) is 79.8 Å². The quantitative estimate of drug-likeness (QED) is 0.332. The standard InChI is InChI=1S/C27H21BrN2O5S2/c1-3-35-26(33)21-22(15-8-5-4-6-9-15)29-27-30(23(21)19-10-7-11-36-19)25(32)20(37-27)13-16-12-17(28)14-18(34-2)24(16)31/h4-14,23,31H,3H2,1-2H3. The number of rotatable bonds is 6. The number of aromatic hydroxyl groups is 1. The number of halogens is 1. The second-order valence-corrected chi connectivity index (χ2v) is 10.9. The number of nitrogens with zero attached hydrogens (tertiary/aromatic N) is 2. The molecule has 0 radical (unpaired) electrons. The van der Waals surface area contributed by atoms with Gasteiger partial charge in [0.15, 0.2) is 16.3 Å². The highest BCUT2D eigenvalue weighted by atomic mass is 79.9. The van der Waals surface area contributed by atoms with Crippen molar-refractivity contribution in [3.05, 3.63) is 106 Å². The van der Waals surface area contributed by atoms with Crippen molar-refractivity contribution in [3.63, 3.8) is 0 Å². The number of thiazole rings is 1. The molecule has 7 nitrogen and oxygen atoms in total. The van der Waals surface area contributed by atoms with Crippen LogP contribution in [-0.2, 0) is 9.53 Å². The predicted octanol–water partition coefficient (Wildman–Crippen LogP) is 4.47. The van der Waals surface area contributed by atoms with Crippen LogP contribution in [-0.4, -0.2) is 29.4 Å². The SMILES string of the molecule is CCOC(=O)C1=C(c2ccccc2)N=c2sc(=Cc3cc(Br)cc(OC)c3O)c(=O)n2C1c1cccs1. The molecule has 10 heteroatoms. The fourth-order valence-corrected chi connectivity index (χ4v) is 6.43. The van der Waals surface area contributed by atoms with E-state index in [1.54, 1.807) is 25.1 Å². The van der Waals surface area contributed by atoms with Gasteiger partial charge in [0, 0.05) is 20.5 Å². The summed E-state index contributed by atoms with van der Waals surface area (Å²) in [5.74, 6) is -0.323. The summed E-state index contributed by atoms with van der Waals surface area (Å²) in [5, 5.41) is 12.6. The Hall–Kier alpha value is -3.47. The molecule has 1 atom stereocenters. The number of methoxy groups -OCH3 is 1. The van der Waals surface area contributed by atoms with Crippen LogP contribution in [0.5, 0.6) is 11.5 Å². The number of ether oxygens (including phenoxy) is 2. The van der Waals surface area contributed by atoms with Gasteiger partial charge in [0.2, 0.25) is 0 Å². The Morgan fingerprint density at radius 2 is 2.00 bits per heavy atom. The Bertz CT molecular complexity index is 1690. The Labute approximate surface area is 228 Å². The summed E-state index contributed by atoms with van der Waals surface area (Å²) in [4.78, 5) is 33.2. The Balaban J connectivity index is 1.82. The van der Waals surface area contributed by atoms with Gasteiger partial charge in [-0.3, -0.25) is 9.36 Å². The molecule has 0 saturated heterocycles. The van der Waals surface area contributed by atoms with Gasteiger partial charge < -0.3 is 14.6 Å². The highest BCUT2D eigenvalue weighted by Gasteiger charge is 2.35. The van der Waals surface area contributed by atoms with E-state index in [9.17, 15) is 14.7 Å². The van der Waals surface area contributed by atoms with Crippen LogP contribution in [0.3, 0.4) is 0 Å². The van der Waals surface area contributed by atoms with Crippen molar-refractivity contribution in [2.75, 3.05) is 13.7 Å². The molecular formula is C27H21BrN2O5S2. The van der Waals surface area contributed by atoms with Crippen LogP contribution in [0, 0.1) is 0 Å². The molecular weight excluding hydrogens is 576 g/mol. The number of thiophene rings is 1. The van der Waals surface area contributed by atoms with E-state index in [1.807, 2.05) is 47.8 Å². The van der Waals surface area contributed by atoms with Crippen LogP contribution in [0.1, 0.15) is 29.0 Å². The van der Waals surface area contributed by atoms with Gasteiger partial charge in [0.1, 0.15) is 6.04 Å². The predicted molar refractivity (Wildman–Crippen MR) is 148 cm³/mol. The van der Waals surface area contributed by atoms with Gasteiger partial charge in [-0.1, -0.05) is 63.7 Å². The van der Waals surface area contributed by atoms with Gasteiger partial charge in [0.05, 0.1) is 29.5 Å². The number of hydrogen-bond acceptors (Lipinski definition) is 8. The van der Waals surface area contributed by atoms with Crippen LogP contribution in [0.4, 0.5) is 0 Å². The second kappa shape index (κ2) is 10.5. The zero-order valence-corrected chi connectivity index (χ0v) is 23.0. The maximum Gasteiger partial charge on any atom is 0.338 e. The minimum Gasteiger partial charge on any atom is -0.504 e. The van der Waals surface area contributed by atoms with E-state index < -0.39 is 12.0 Å². The first kappa shape index (κ1) is 25.2. The maximum absolute atomic E-state index is 13.8. The van der Waals surface area contributed by atoms with Crippen molar-refractivity contribution in [2.45, 2.75) is 13.0 Å². The summed E-state index contributed by atoms with van der Waals surface area (Å²) < 4.78 is 13.3. The van der Waals surface area contributed by atoms with Crippen LogP contribution >= 0.6 is 38.6 Å². The fourth-order valence-electron chi connectivity index (χ4n) is 4.16. The van der Waals surface area contributed by atoms with E-state index in [-0.39, 0.29) is 23.7 Å². The molecule has 4 aromatic rings. The molecule has 0 spiro atoms. The third kappa shape index (κ3) is 4.68. The van der Waals surface area contributed by atoms with Gasteiger partial charge in [-0.05, 0) is 36.6 Å². The normalized spacial score (nSPS) is 15.3. The third-order valence-electron chi connectivity index (χ3n) is 5.76. The van der Waals surface area contributed by atoms with E-state index in [4.69, 9.17) is 14.5 Å². The largest absolute Gasteiger partial charge is 0.504 e. The van der Waals surface area contributed by atoms with Gasteiger partial charge >= 0.3 is 5.97 Å². The summed E-state index contributed by atoms with van der Waals surface area (Å²) in [6.07, 6.45) is 1.61. The molecule has 2 aromatic carbocycles. The summed E-state index contributed by atoms with van der Waals surface area (Å²) in [7, 11) is 1.46. The van der Waals surface area contributed by atoms with Crippen molar-refractivity contribution in [2.24, 2.45) is 4.99 Å². The molecule has 188 valence electrons. The molecule has 0 aliphatic carbocycles. The van der Waals surface area contributed by atoms with Gasteiger partial charge in [-0.2, -0.15) is 0 Å². The average Bonchev–Trinajstić information content (AvgIpc) is 3.54. The fraction of sp³-hybridized carbons (Fsp3) is 0.148. The number of benzene rings is 2. The van der Waals surface area contributed by atoms with Gasteiger partial charge in [-0.25, -0.2) is 9.79 Å². The van der Waals surface area contributed by atoms with Gasteiger partial charge in [-0.15, -0.1) is 11.3 Å². The minimum absolute atomic E-state index is 0.0801. The van der Waals surface area contributed by atoms with Crippen molar-refractivity contribution in [1.82, 2.24) is 4.57 Å². The van der Waals surface area contributed by atoms with E-state index in [2.05, 4.69) is 15.9 Å². The molecule has 0 bridgehead atoms. The minimum atomic E-state index is -0.710. The molecule has 1 aliphatic rings. The lowest BCUT2D eigenvalue weighted by atomic mass is 9.97. The number of esters is 1. The number of fused-ring (bicyclic) bond motifs is 1. The molecule has 5 rings (SSSR count). The van der Waals surface area contributed by atoms with Crippen molar-refractivity contribution >= 4 is 56.3 Å². The van der Waals surface area contributed by atoms with E-state index in [1.165, 1.54) is 34.4 Å². The number of hydrogen-bond donors (Lipinski definition) is 1. The highest BCUT2D eigenvalue weighted by Crippen LogP contribution is 2.37. The summed E-state index contributed by atoms with van der Waals surface area (Å²) >= 11 is 6.06. The lowest BCUT2D eigenvalue weighted by Crippen LogP contribution is -2.39. The molecule has 0 fully saturated rings. The zero-order chi connectivity index (χ0) is 26.1. The average molecular weight is 598 g/mol. The van der Waals surface area contributed by atoms with Crippen molar-refractivity contribution in [3.8, 4) is 11.5 Å². The monoisotopic (exact) mass is 596 g/mol. The number of carbonyl (C=O) groups excluding carboxylic acids is 1. The summed E-state index contributed by atoms with van der Waals surface area (Å²) in [6.45, 7) is 1.94. The Morgan fingerprint density at radius 1 is 1.22 bits per heavy atom. The maximum atomic E-state index is 13.8. The number of aromatic nitrogens is 1. The highest BCUT2D eigenvalue weighted by molar-refractivity contribution is 9.10. The molecule has 1 aliphatic heterocycles.